The van der Waals surface area contributed by atoms with Gasteiger partial charge in [-0.2, -0.15) is 0 Å². The number of nitrogens with one attached hydrogen (secondary N) is 1. The third-order valence-corrected chi connectivity index (χ3v) is 8.54. The van der Waals surface area contributed by atoms with Gasteiger partial charge in [-0.25, -0.2) is 8.42 Å². The highest BCUT2D eigenvalue weighted by molar-refractivity contribution is 7.92. The first kappa shape index (κ1) is 30.5. The molecule has 1 atom stereocenters. The van der Waals surface area contributed by atoms with Crippen molar-refractivity contribution in [1.29, 1.82) is 0 Å². The maximum atomic E-state index is 14.1. The van der Waals surface area contributed by atoms with E-state index in [2.05, 4.69) is 5.32 Å². The zero-order valence-electron chi connectivity index (χ0n) is 22.4. The molecule has 0 saturated carbocycles. The van der Waals surface area contributed by atoms with E-state index in [-0.39, 0.29) is 29.1 Å². The van der Waals surface area contributed by atoms with Gasteiger partial charge in [0.15, 0.2) is 0 Å². The lowest BCUT2D eigenvalue weighted by molar-refractivity contribution is -0.140. The highest BCUT2D eigenvalue weighted by Gasteiger charge is 2.34. The molecule has 0 bridgehead atoms. The van der Waals surface area contributed by atoms with Crippen molar-refractivity contribution in [3.63, 3.8) is 0 Å². The monoisotopic (exact) mass is 589 g/mol. The van der Waals surface area contributed by atoms with Crippen LogP contribution in [0.2, 0.25) is 10.0 Å². The summed E-state index contributed by atoms with van der Waals surface area (Å²) in [5.74, 6) is -0.885. The molecule has 0 saturated heterocycles. The summed E-state index contributed by atoms with van der Waals surface area (Å²) in [5.41, 5.74) is 1.53. The third kappa shape index (κ3) is 7.53. The van der Waals surface area contributed by atoms with E-state index >= 15 is 0 Å². The van der Waals surface area contributed by atoms with Crippen LogP contribution >= 0.6 is 23.2 Å². The Kier molecular flexibility index (Phi) is 10.4. The lowest BCUT2D eigenvalue weighted by Gasteiger charge is -2.34. The second-order valence-corrected chi connectivity index (χ2v) is 12.2. The molecule has 1 unspecified atom stereocenters. The Bertz CT molecular complexity index is 1420. The standard InChI is InChI=1S/C29H33Cl2N3O4S/c1-5-26(29(36)32-20(2)3)33(18-22-11-9-10-14-25(22)31)28(35)19-34(27-17-23(30)16-15-21(27)4)39(37,38)24-12-7-6-8-13-24/h6-17,20,26H,5,18-19H2,1-4H3,(H,32,36). The van der Waals surface area contributed by atoms with Crippen LogP contribution in [0.15, 0.2) is 77.7 Å². The number of rotatable bonds is 11. The van der Waals surface area contributed by atoms with Gasteiger partial charge in [-0.15, -0.1) is 0 Å². The summed E-state index contributed by atoms with van der Waals surface area (Å²) < 4.78 is 28.8. The maximum Gasteiger partial charge on any atom is 0.264 e. The molecule has 0 spiro atoms. The van der Waals surface area contributed by atoms with E-state index in [0.717, 1.165) is 4.31 Å². The van der Waals surface area contributed by atoms with E-state index in [0.29, 0.717) is 27.6 Å². The van der Waals surface area contributed by atoms with Gasteiger partial charge >= 0.3 is 0 Å². The van der Waals surface area contributed by atoms with Crippen molar-refractivity contribution in [3.8, 4) is 0 Å². The largest absolute Gasteiger partial charge is 0.352 e. The number of carbonyl (C=O) groups excluding carboxylic acids is 2. The number of anilines is 1. The molecule has 0 heterocycles. The van der Waals surface area contributed by atoms with Crippen LogP contribution in [0.3, 0.4) is 0 Å². The Morgan fingerprint density at radius 1 is 0.949 bits per heavy atom. The maximum absolute atomic E-state index is 14.1. The zero-order chi connectivity index (χ0) is 28.7. The fourth-order valence-electron chi connectivity index (χ4n) is 4.19. The molecule has 0 fully saturated rings. The van der Waals surface area contributed by atoms with Gasteiger partial charge in [-0.1, -0.05) is 72.6 Å². The number of aryl methyl sites for hydroxylation is 1. The summed E-state index contributed by atoms with van der Waals surface area (Å²) in [4.78, 5) is 28.7. The Morgan fingerprint density at radius 3 is 2.21 bits per heavy atom. The van der Waals surface area contributed by atoms with Gasteiger partial charge < -0.3 is 10.2 Å². The molecule has 1 N–H and O–H groups in total. The predicted octanol–water partition coefficient (Wildman–Crippen LogP) is 5.83. The summed E-state index contributed by atoms with van der Waals surface area (Å²) in [7, 11) is -4.17. The summed E-state index contributed by atoms with van der Waals surface area (Å²) >= 11 is 12.7. The van der Waals surface area contributed by atoms with Gasteiger partial charge in [0.1, 0.15) is 12.6 Å². The van der Waals surface area contributed by atoms with E-state index in [4.69, 9.17) is 23.2 Å². The average molecular weight is 591 g/mol. The van der Waals surface area contributed by atoms with Crippen LogP contribution in [0.1, 0.15) is 38.3 Å². The highest BCUT2D eigenvalue weighted by atomic mass is 35.5. The molecule has 0 aliphatic carbocycles. The van der Waals surface area contributed by atoms with Crippen LogP contribution in [0.5, 0.6) is 0 Å². The molecule has 7 nitrogen and oxygen atoms in total. The Hall–Kier alpha value is -3.07. The van der Waals surface area contributed by atoms with Crippen LogP contribution in [0.4, 0.5) is 5.69 Å². The normalized spacial score (nSPS) is 12.2. The van der Waals surface area contributed by atoms with E-state index in [1.54, 1.807) is 68.4 Å². The number of halogens is 2. The van der Waals surface area contributed by atoms with Crippen molar-refractivity contribution in [2.45, 2.75) is 57.6 Å². The van der Waals surface area contributed by atoms with Crippen molar-refractivity contribution in [2.24, 2.45) is 0 Å². The van der Waals surface area contributed by atoms with Gasteiger partial charge in [-0.05, 0) is 68.7 Å². The highest BCUT2D eigenvalue weighted by Crippen LogP contribution is 2.30. The van der Waals surface area contributed by atoms with Crippen molar-refractivity contribution in [1.82, 2.24) is 10.2 Å². The van der Waals surface area contributed by atoms with Crippen molar-refractivity contribution >= 4 is 50.7 Å². The quantitative estimate of drug-likeness (QED) is 0.305. The number of sulfonamides is 1. The van der Waals surface area contributed by atoms with Crippen LogP contribution in [-0.4, -0.2) is 43.8 Å². The Balaban J connectivity index is 2.11. The van der Waals surface area contributed by atoms with Crippen molar-refractivity contribution < 1.29 is 18.0 Å². The Labute approximate surface area is 240 Å². The zero-order valence-corrected chi connectivity index (χ0v) is 24.7. The first-order valence-electron chi connectivity index (χ1n) is 12.6. The van der Waals surface area contributed by atoms with Gasteiger partial charge in [-0.3, -0.25) is 13.9 Å². The van der Waals surface area contributed by atoms with E-state index < -0.39 is 28.5 Å². The molecular weight excluding hydrogens is 557 g/mol. The fourth-order valence-corrected chi connectivity index (χ4v) is 6.05. The van der Waals surface area contributed by atoms with Crippen LogP contribution in [0, 0.1) is 6.92 Å². The molecule has 39 heavy (non-hydrogen) atoms. The lowest BCUT2D eigenvalue weighted by atomic mass is 10.1. The second-order valence-electron chi connectivity index (χ2n) is 9.46. The molecule has 0 aliphatic heterocycles. The first-order valence-corrected chi connectivity index (χ1v) is 14.8. The first-order chi connectivity index (χ1) is 18.4. The number of carbonyl (C=O) groups is 2. The molecule has 2 amide bonds. The van der Waals surface area contributed by atoms with E-state index in [9.17, 15) is 18.0 Å². The number of amides is 2. The van der Waals surface area contributed by atoms with Gasteiger partial charge in [0.05, 0.1) is 10.6 Å². The lowest BCUT2D eigenvalue weighted by Crippen LogP contribution is -2.53. The summed E-state index contributed by atoms with van der Waals surface area (Å²) in [6, 6.07) is 18.8. The molecule has 3 aromatic carbocycles. The molecular formula is C29H33Cl2N3O4S. The molecule has 0 radical (unpaired) electrons. The molecule has 3 aromatic rings. The van der Waals surface area contributed by atoms with E-state index in [1.807, 2.05) is 13.8 Å². The average Bonchev–Trinajstić information content (AvgIpc) is 2.89. The minimum atomic E-state index is -4.17. The fraction of sp³-hybridized carbons (Fsp3) is 0.310. The third-order valence-electron chi connectivity index (χ3n) is 6.17. The van der Waals surface area contributed by atoms with Gasteiger partial charge in [0, 0.05) is 22.6 Å². The topological polar surface area (TPSA) is 86.8 Å². The van der Waals surface area contributed by atoms with Crippen LogP contribution < -0.4 is 9.62 Å². The Morgan fingerprint density at radius 2 is 1.59 bits per heavy atom. The second kappa shape index (κ2) is 13.3. The molecule has 0 aromatic heterocycles. The number of hydrogen-bond acceptors (Lipinski definition) is 4. The minimum absolute atomic E-state index is 0.0241. The van der Waals surface area contributed by atoms with Gasteiger partial charge in [0.25, 0.3) is 10.0 Å². The molecule has 3 rings (SSSR count). The SMILES string of the molecule is CCC(C(=O)NC(C)C)N(Cc1ccccc1Cl)C(=O)CN(c1cc(Cl)ccc1C)S(=O)(=O)c1ccccc1. The van der Waals surface area contributed by atoms with Gasteiger partial charge in [0.2, 0.25) is 11.8 Å². The van der Waals surface area contributed by atoms with Crippen molar-refractivity contribution in [3.05, 3.63) is 94.0 Å². The number of nitrogens with zero attached hydrogens (tertiary/aromatic N) is 2. The predicted molar refractivity (Wildman–Crippen MR) is 157 cm³/mol. The van der Waals surface area contributed by atoms with Crippen LogP contribution in [-0.2, 0) is 26.2 Å². The smallest absolute Gasteiger partial charge is 0.264 e. The van der Waals surface area contributed by atoms with E-state index in [1.165, 1.54) is 23.1 Å². The molecule has 208 valence electrons. The summed E-state index contributed by atoms with van der Waals surface area (Å²) in [6.45, 7) is 6.69. The van der Waals surface area contributed by atoms with Crippen LogP contribution in [0.25, 0.3) is 0 Å². The van der Waals surface area contributed by atoms with Crippen molar-refractivity contribution in [2.75, 3.05) is 10.8 Å². The molecule has 10 heteroatoms. The number of hydrogen-bond donors (Lipinski definition) is 1. The molecule has 0 aliphatic rings. The number of benzene rings is 3. The summed E-state index contributed by atoms with van der Waals surface area (Å²) in [6.07, 6.45) is 0.316. The summed E-state index contributed by atoms with van der Waals surface area (Å²) in [5, 5.41) is 3.64. The minimum Gasteiger partial charge on any atom is -0.352 e.